The Balaban J connectivity index is 2.23. The van der Waals surface area contributed by atoms with Gasteiger partial charge in [0.15, 0.2) is 0 Å². The Morgan fingerprint density at radius 3 is 2.57 bits per heavy atom. The Morgan fingerprint density at radius 1 is 1.05 bits per heavy atom. The topological polar surface area (TPSA) is 51.8 Å². The number of nitrogens with zero attached hydrogens (tertiary/aromatic N) is 2. The van der Waals surface area contributed by atoms with Crippen LogP contribution in [0.15, 0.2) is 42.5 Å². The first-order valence-electron chi connectivity index (χ1n) is 7.00. The molecule has 106 valence electrons. The van der Waals surface area contributed by atoms with Gasteiger partial charge in [0.1, 0.15) is 5.82 Å². The molecular weight excluding hydrogens is 265 g/mol. The molecule has 3 aromatic rings. The predicted molar refractivity (Wildman–Crippen MR) is 83.3 cm³/mol. The maximum Gasteiger partial charge on any atom is 0.220 e. The van der Waals surface area contributed by atoms with Crippen molar-refractivity contribution in [1.29, 1.82) is 0 Å². The number of halogens is 1. The number of nitrogen functional groups attached to an aromatic ring is 1. The van der Waals surface area contributed by atoms with Crippen LogP contribution < -0.4 is 5.73 Å². The molecule has 21 heavy (non-hydrogen) atoms. The summed E-state index contributed by atoms with van der Waals surface area (Å²) in [6.07, 6.45) is 1.83. The summed E-state index contributed by atoms with van der Waals surface area (Å²) in [6.45, 7) is 2.09. The van der Waals surface area contributed by atoms with Crippen molar-refractivity contribution < 1.29 is 4.39 Å². The zero-order valence-corrected chi connectivity index (χ0v) is 11.8. The molecule has 2 N–H and O–H groups in total. The largest absolute Gasteiger partial charge is 0.368 e. The minimum absolute atomic E-state index is 0.231. The minimum atomic E-state index is -0.231. The summed E-state index contributed by atoms with van der Waals surface area (Å²) in [5.74, 6) is 0.0227. The molecule has 0 aliphatic heterocycles. The highest BCUT2D eigenvalue weighted by atomic mass is 19.1. The minimum Gasteiger partial charge on any atom is -0.368 e. The molecule has 0 aliphatic rings. The molecule has 0 saturated carbocycles. The smallest absolute Gasteiger partial charge is 0.220 e. The van der Waals surface area contributed by atoms with Crippen molar-refractivity contribution in [2.75, 3.05) is 5.73 Å². The van der Waals surface area contributed by atoms with E-state index in [1.807, 2.05) is 24.3 Å². The summed E-state index contributed by atoms with van der Waals surface area (Å²) in [7, 11) is 0. The molecule has 0 saturated heterocycles. The lowest BCUT2D eigenvalue weighted by molar-refractivity contribution is 0.640. The molecule has 3 nitrogen and oxygen atoms in total. The second-order valence-corrected chi connectivity index (χ2v) is 4.99. The van der Waals surface area contributed by atoms with Crippen LogP contribution in [0.1, 0.15) is 19.0 Å². The Labute approximate surface area is 122 Å². The standard InChI is InChI=1S/C17H16FN3/c1-2-5-11-10-16(21-17(19)20-11)14-8-9-15(18)13-7-4-3-6-12(13)14/h3-4,6-10H,2,5H2,1H3,(H2,19,20,21). The van der Waals surface area contributed by atoms with Gasteiger partial charge in [0.2, 0.25) is 5.95 Å². The summed E-state index contributed by atoms with van der Waals surface area (Å²) in [6, 6.07) is 12.5. The number of aryl methyl sites for hydroxylation is 1. The van der Waals surface area contributed by atoms with Crippen LogP contribution in [0, 0.1) is 5.82 Å². The van der Waals surface area contributed by atoms with Gasteiger partial charge in [-0.3, -0.25) is 0 Å². The van der Waals surface area contributed by atoms with Gasteiger partial charge in [-0.1, -0.05) is 37.6 Å². The monoisotopic (exact) mass is 281 g/mol. The zero-order valence-electron chi connectivity index (χ0n) is 11.8. The second-order valence-electron chi connectivity index (χ2n) is 4.99. The lowest BCUT2D eigenvalue weighted by Crippen LogP contribution is -2.01. The summed E-state index contributed by atoms with van der Waals surface area (Å²) >= 11 is 0. The molecule has 0 unspecified atom stereocenters. The predicted octanol–water partition coefficient (Wildman–Crippen LogP) is 3.97. The van der Waals surface area contributed by atoms with Gasteiger partial charge in [-0.25, -0.2) is 14.4 Å². The van der Waals surface area contributed by atoms with Gasteiger partial charge in [0, 0.05) is 16.6 Å². The van der Waals surface area contributed by atoms with E-state index in [1.165, 1.54) is 6.07 Å². The van der Waals surface area contributed by atoms with Crippen LogP contribution in [-0.4, -0.2) is 9.97 Å². The van der Waals surface area contributed by atoms with Crippen LogP contribution in [0.3, 0.4) is 0 Å². The van der Waals surface area contributed by atoms with E-state index < -0.39 is 0 Å². The van der Waals surface area contributed by atoms with Crippen molar-refractivity contribution in [1.82, 2.24) is 9.97 Å². The second kappa shape index (κ2) is 5.48. The molecule has 0 bridgehead atoms. The van der Waals surface area contributed by atoms with Crippen molar-refractivity contribution >= 4 is 16.7 Å². The SMILES string of the molecule is CCCc1cc(-c2ccc(F)c3ccccc23)nc(N)n1. The van der Waals surface area contributed by atoms with E-state index in [2.05, 4.69) is 16.9 Å². The van der Waals surface area contributed by atoms with E-state index in [0.29, 0.717) is 5.39 Å². The molecule has 1 heterocycles. The normalized spacial score (nSPS) is 11.0. The van der Waals surface area contributed by atoms with Crippen molar-refractivity contribution in [3.8, 4) is 11.3 Å². The summed E-state index contributed by atoms with van der Waals surface area (Å²) in [5.41, 5.74) is 8.33. The van der Waals surface area contributed by atoms with Crippen LogP contribution in [0.25, 0.3) is 22.0 Å². The highest BCUT2D eigenvalue weighted by Crippen LogP contribution is 2.29. The van der Waals surface area contributed by atoms with Gasteiger partial charge in [0.05, 0.1) is 5.69 Å². The maximum atomic E-state index is 13.9. The summed E-state index contributed by atoms with van der Waals surface area (Å²) in [4.78, 5) is 8.55. The fourth-order valence-electron chi connectivity index (χ4n) is 2.53. The third-order valence-corrected chi connectivity index (χ3v) is 3.45. The van der Waals surface area contributed by atoms with E-state index >= 15 is 0 Å². The van der Waals surface area contributed by atoms with E-state index in [1.54, 1.807) is 12.1 Å². The van der Waals surface area contributed by atoms with Gasteiger partial charge in [-0.15, -0.1) is 0 Å². The van der Waals surface area contributed by atoms with Crippen LogP contribution in [-0.2, 0) is 6.42 Å². The maximum absolute atomic E-state index is 13.9. The van der Waals surface area contributed by atoms with Crippen molar-refractivity contribution in [2.45, 2.75) is 19.8 Å². The van der Waals surface area contributed by atoms with E-state index in [9.17, 15) is 4.39 Å². The number of aromatic nitrogens is 2. The highest BCUT2D eigenvalue weighted by molar-refractivity contribution is 5.96. The molecule has 0 spiro atoms. The number of hydrogen-bond acceptors (Lipinski definition) is 3. The third-order valence-electron chi connectivity index (χ3n) is 3.45. The van der Waals surface area contributed by atoms with Crippen LogP contribution in [0.2, 0.25) is 0 Å². The number of rotatable bonds is 3. The van der Waals surface area contributed by atoms with Crippen molar-refractivity contribution in [3.05, 3.63) is 54.0 Å². The van der Waals surface area contributed by atoms with Gasteiger partial charge < -0.3 is 5.73 Å². The third kappa shape index (κ3) is 2.57. The number of anilines is 1. The van der Waals surface area contributed by atoms with Crippen molar-refractivity contribution in [3.63, 3.8) is 0 Å². The van der Waals surface area contributed by atoms with Crippen LogP contribution >= 0.6 is 0 Å². The molecule has 0 amide bonds. The Hall–Kier alpha value is -2.49. The Kier molecular flexibility index (Phi) is 3.52. The first-order chi connectivity index (χ1) is 10.2. The van der Waals surface area contributed by atoms with E-state index in [-0.39, 0.29) is 11.8 Å². The molecular formula is C17H16FN3. The average molecular weight is 281 g/mol. The lowest BCUT2D eigenvalue weighted by atomic mass is 10.0. The van der Waals surface area contributed by atoms with Gasteiger partial charge in [-0.05, 0) is 30.0 Å². The Morgan fingerprint density at radius 2 is 1.81 bits per heavy atom. The van der Waals surface area contributed by atoms with Crippen LogP contribution in [0.5, 0.6) is 0 Å². The molecule has 3 rings (SSSR count). The Bertz CT molecular complexity index is 799. The molecule has 0 atom stereocenters. The highest BCUT2D eigenvalue weighted by Gasteiger charge is 2.10. The molecule has 0 radical (unpaired) electrons. The first-order valence-corrected chi connectivity index (χ1v) is 7.00. The quantitative estimate of drug-likeness (QED) is 0.790. The fourth-order valence-corrected chi connectivity index (χ4v) is 2.53. The van der Waals surface area contributed by atoms with E-state index in [4.69, 9.17) is 5.73 Å². The number of fused-ring (bicyclic) bond motifs is 1. The molecule has 4 heteroatoms. The summed E-state index contributed by atoms with van der Waals surface area (Å²) in [5, 5.41) is 1.42. The average Bonchev–Trinajstić information content (AvgIpc) is 2.47. The molecule has 0 fully saturated rings. The molecule has 1 aromatic heterocycles. The van der Waals surface area contributed by atoms with Gasteiger partial charge in [0.25, 0.3) is 0 Å². The number of nitrogens with two attached hydrogens (primary N) is 1. The van der Waals surface area contributed by atoms with Gasteiger partial charge in [-0.2, -0.15) is 0 Å². The first kappa shape index (κ1) is 13.5. The van der Waals surface area contributed by atoms with Crippen molar-refractivity contribution in [2.24, 2.45) is 0 Å². The van der Waals surface area contributed by atoms with E-state index in [0.717, 1.165) is 35.2 Å². The van der Waals surface area contributed by atoms with Crippen LogP contribution in [0.4, 0.5) is 10.3 Å². The zero-order chi connectivity index (χ0) is 14.8. The number of benzene rings is 2. The number of hydrogen-bond donors (Lipinski definition) is 1. The molecule has 2 aromatic carbocycles. The summed E-state index contributed by atoms with van der Waals surface area (Å²) < 4.78 is 13.9. The fraction of sp³-hybridized carbons (Fsp3) is 0.176. The lowest BCUT2D eigenvalue weighted by Gasteiger charge is -2.09. The van der Waals surface area contributed by atoms with Gasteiger partial charge >= 0.3 is 0 Å². The molecule has 0 aliphatic carbocycles.